The van der Waals surface area contributed by atoms with Gasteiger partial charge in [0.15, 0.2) is 41.7 Å². The predicted octanol–water partition coefficient (Wildman–Crippen LogP) is 0.808. The second-order valence-electron chi connectivity index (χ2n) is 11.3. The molecule has 0 radical (unpaired) electrons. The van der Waals surface area contributed by atoms with Gasteiger partial charge in [-0.2, -0.15) is 0 Å². The Bertz CT molecular complexity index is 1460. The summed E-state index contributed by atoms with van der Waals surface area (Å²) in [7, 11) is 1.94. The molecular formula is C30H31NO10. The third kappa shape index (κ3) is 3.91. The number of ketones is 1. The van der Waals surface area contributed by atoms with E-state index in [9.17, 15) is 34.8 Å². The fourth-order valence-electron chi connectivity index (χ4n) is 7.07. The van der Waals surface area contributed by atoms with Gasteiger partial charge in [-0.1, -0.05) is 36.4 Å². The maximum atomic E-state index is 13.0. The molecule has 4 aliphatic rings. The van der Waals surface area contributed by atoms with E-state index in [0.717, 1.165) is 5.56 Å². The second-order valence-corrected chi connectivity index (χ2v) is 11.3. The highest BCUT2D eigenvalue weighted by Gasteiger charge is 2.72. The Balaban J connectivity index is 1.24. The average molecular weight is 566 g/mol. The van der Waals surface area contributed by atoms with Gasteiger partial charge in [-0.05, 0) is 56.6 Å². The Hall–Kier alpha value is -3.77. The molecule has 2 bridgehead atoms. The number of piperidine rings is 1. The summed E-state index contributed by atoms with van der Waals surface area (Å²) in [5.41, 5.74) is -0.333. The number of aliphatic hydroxyl groups excluding tert-OH is 2. The first-order chi connectivity index (χ1) is 19.5. The third-order valence-electron chi connectivity index (χ3n) is 9.06. The van der Waals surface area contributed by atoms with Gasteiger partial charge in [0, 0.05) is 18.0 Å². The lowest BCUT2D eigenvalue weighted by Gasteiger charge is -2.61. The van der Waals surface area contributed by atoms with E-state index in [2.05, 4.69) is 4.90 Å². The van der Waals surface area contributed by atoms with Crippen LogP contribution in [-0.2, 0) is 35.7 Å². The van der Waals surface area contributed by atoms with E-state index in [0.29, 0.717) is 30.5 Å². The number of esters is 2. The summed E-state index contributed by atoms with van der Waals surface area (Å²) in [5.74, 6) is -3.12. The van der Waals surface area contributed by atoms with Crippen molar-refractivity contribution in [2.24, 2.45) is 0 Å². The summed E-state index contributed by atoms with van der Waals surface area (Å²) in [6.45, 7) is 1.83. The van der Waals surface area contributed by atoms with Crippen molar-refractivity contribution in [3.05, 3.63) is 71.0 Å². The smallest absolute Gasteiger partial charge is 0.343 e. The van der Waals surface area contributed by atoms with Crippen molar-refractivity contribution in [1.82, 2.24) is 4.90 Å². The minimum atomic E-state index is -2.34. The first kappa shape index (κ1) is 27.4. The minimum Gasteiger partial charge on any atom is -0.504 e. The molecule has 2 aliphatic heterocycles. The van der Waals surface area contributed by atoms with Crippen LogP contribution < -0.4 is 4.74 Å². The van der Waals surface area contributed by atoms with Gasteiger partial charge in [0.2, 0.25) is 0 Å². The quantitative estimate of drug-likeness (QED) is 0.351. The van der Waals surface area contributed by atoms with E-state index in [1.807, 2.05) is 13.1 Å². The number of Topliss-reactive ketones (excluding diaryl/α,β-unsaturated/α-hetero) is 1. The van der Waals surface area contributed by atoms with E-state index in [1.54, 1.807) is 30.3 Å². The molecular weight excluding hydrogens is 534 g/mol. The molecule has 1 spiro atoms. The normalized spacial score (nSPS) is 29.7. The van der Waals surface area contributed by atoms with Crippen molar-refractivity contribution in [3.8, 4) is 11.5 Å². The molecule has 6 rings (SSSR count). The maximum Gasteiger partial charge on any atom is 0.343 e. The number of nitrogens with zero attached hydrogens (tertiary/aromatic N) is 1. The van der Waals surface area contributed by atoms with Gasteiger partial charge in [0.25, 0.3) is 0 Å². The second kappa shape index (κ2) is 9.66. The molecule has 41 heavy (non-hydrogen) atoms. The van der Waals surface area contributed by atoms with Gasteiger partial charge in [-0.15, -0.1) is 0 Å². The molecule has 0 saturated carbocycles. The zero-order valence-corrected chi connectivity index (χ0v) is 22.5. The largest absolute Gasteiger partial charge is 0.504 e. The van der Waals surface area contributed by atoms with Crippen molar-refractivity contribution in [1.29, 1.82) is 0 Å². The van der Waals surface area contributed by atoms with Gasteiger partial charge in [-0.3, -0.25) is 4.79 Å². The number of phenols is 1. The molecule has 0 aromatic heterocycles. The maximum absolute atomic E-state index is 13.0. The van der Waals surface area contributed by atoms with Gasteiger partial charge in [0.05, 0.1) is 11.0 Å². The number of hydrogen-bond donors (Lipinski definition) is 4. The van der Waals surface area contributed by atoms with Crippen LogP contribution in [0, 0.1) is 0 Å². The molecule has 7 atom stereocenters. The monoisotopic (exact) mass is 565 g/mol. The summed E-state index contributed by atoms with van der Waals surface area (Å²) in [5, 5.41) is 43.8. The van der Waals surface area contributed by atoms with Gasteiger partial charge >= 0.3 is 11.9 Å². The molecule has 2 aromatic rings. The Labute approximate surface area is 235 Å². The summed E-state index contributed by atoms with van der Waals surface area (Å²) in [6.07, 6.45) is -4.40. The molecule has 11 nitrogen and oxygen atoms in total. The lowest BCUT2D eigenvalue weighted by atomic mass is 9.50. The van der Waals surface area contributed by atoms with Crippen LogP contribution >= 0.6 is 0 Å². The fourth-order valence-corrected chi connectivity index (χ4v) is 7.07. The van der Waals surface area contributed by atoms with Gasteiger partial charge in [-0.25, -0.2) is 9.59 Å². The number of hydrogen-bond acceptors (Lipinski definition) is 11. The van der Waals surface area contributed by atoms with Crippen molar-refractivity contribution >= 4 is 17.7 Å². The number of aliphatic hydroxyl groups is 3. The van der Waals surface area contributed by atoms with Crippen molar-refractivity contribution < 1.29 is 49.0 Å². The van der Waals surface area contributed by atoms with Crippen LogP contribution in [0.25, 0.3) is 0 Å². The number of likely N-dealkylation sites (tertiary alicyclic amines) is 1. The number of phenolic OH excluding ortho intramolecular Hbond substituents is 1. The van der Waals surface area contributed by atoms with Crippen molar-refractivity contribution in [2.75, 3.05) is 13.6 Å². The molecule has 1 fully saturated rings. The van der Waals surface area contributed by atoms with Crippen LogP contribution in [-0.4, -0.2) is 86.6 Å². The highest BCUT2D eigenvalue weighted by atomic mass is 16.6. The molecule has 2 aromatic carbocycles. The molecule has 11 heteroatoms. The SMILES string of the molecule is CC(=O)C(OC(=O)[C@H](O)[C@@H](O)C(=O)OC1=CC[C@@]2(O)[C@H]3Cc4ccc(O)c5c4[C@@]2(CCN3C)[C@H]1O5)c1ccccc1. The number of likely N-dealkylation sites (N-methyl/N-ethyl adjacent to an activating group) is 1. The van der Waals surface area contributed by atoms with Crippen LogP contribution in [0.15, 0.2) is 54.3 Å². The summed E-state index contributed by atoms with van der Waals surface area (Å²) < 4.78 is 16.9. The lowest BCUT2D eigenvalue weighted by molar-refractivity contribution is -0.181. The highest BCUT2D eigenvalue weighted by molar-refractivity contribution is 5.89. The first-order valence-electron chi connectivity index (χ1n) is 13.5. The molecule has 2 aliphatic carbocycles. The van der Waals surface area contributed by atoms with Crippen LogP contribution in [0.1, 0.15) is 42.6 Å². The van der Waals surface area contributed by atoms with Crippen molar-refractivity contribution in [2.45, 2.75) is 67.7 Å². The average Bonchev–Trinajstić information content (AvgIpc) is 3.32. The molecule has 1 unspecified atom stereocenters. The van der Waals surface area contributed by atoms with Gasteiger partial charge in [0.1, 0.15) is 5.76 Å². The minimum absolute atomic E-state index is 0.00283. The predicted molar refractivity (Wildman–Crippen MR) is 141 cm³/mol. The highest BCUT2D eigenvalue weighted by Crippen LogP contribution is 2.65. The molecule has 1 saturated heterocycles. The van der Waals surface area contributed by atoms with Gasteiger partial charge < -0.3 is 39.5 Å². The Morgan fingerprint density at radius 3 is 2.49 bits per heavy atom. The van der Waals surface area contributed by atoms with Crippen LogP contribution in [0.2, 0.25) is 0 Å². The summed E-state index contributed by atoms with van der Waals surface area (Å²) in [6, 6.07) is 11.2. The third-order valence-corrected chi connectivity index (χ3v) is 9.06. The molecule has 216 valence electrons. The standard InChI is InChI=1S/C30H31NO10/c1-15(32)24(16-6-4-3-5-7-16)41-28(37)23(35)22(34)27(36)39-19-10-11-30(38)20-14-17-8-9-18(33)25-21(17)29(30,26(19)40-25)12-13-31(20)2/h3-10,20,22-24,26,33-35,38H,11-14H2,1-2H3/t20-,22-,23-,24?,26+,29+,30-/m1/s1. The molecule has 4 N–H and O–H groups in total. The lowest BCUT2D eigenvalue weighted by Crippen LogP contribution is -2.74. The van der Waals surface area contributed by atoms with Crippen LogP contribution in [0.4, 0.5) is 0 Å². The Kier molecular flexibility index (Phi) is 6.46. The van der Waals surface area contributed by atoms with E-state index in [4.69, 9.17) is 14.2 Å². The first-order valence-corrected chi connectivity index (χ1v) is 13.5. The molecule has 2 heterocycles. The number of ether oxygens (including phenoxy) is 3. The molecule has 0 amide bonds. The van der Waals surface area contributed by atoms with Crippen LogP contribution in [0.3, 0.4) is 0 Å². The fraction of sp³-hybridized carbons (Fsp3) is 0.433. The summed E-state index contributed by atoms with van der Waals surface area (Å²) >= 11 is 0. The number of aromatic hydroxyl groups is 1. The zero-order valence-electron chi connectivity index (χ0n) is 22.5. The number of benzene rings is 2. The van der Waals surface area contributed by atoms with Crippen molar-refractivity contribution in [3.63, 3.8) is 0 Å². The van der Waals surface area contributed by atoms with E-state index in [1.165, 1.54) is 19.1 Å². The van der Waals surface area contributed by atoms with E-state index in [-0.39, 0.29) is 29.7 Å². The Morgan fingerprint density at radius 2 is 1.78 bits per heavy atom. The number of rotatable bonds is 7. The zero-order chi connectivity index (χ0) is 29.3. The number of carbonyl (C=O) groups excluding carboxylic acids is 3. The van der Waals surface area contributed by atoms with E-state index >= 15 is 0 Å². The Morgan fingerprint density at radius 1 is 1.07 bits per heavy atom. The summed E-state index contributed by atoms with van der Waals surface area (Å²) in [4.78, 5) is 39.9. The topological polar surface area (TPSA) is 163 Å². The number of carbonyl (C=O) groups is 3. The van der Waals surface area contributed by atoms with Crippen LogP contribution in [0.5, 0.6) is 11.5 Å². The van der Waals surface area contributed by atoms with E-state index < -0.39 is 53.2 Å².